The third kappa shape index (κ3) is 8.00. The fourth-order valence-electron chi connectivity index (χ4n) is 3.30. The van der Waals surface area contributed by atoms with Crippen molar-refractivity contribution < 1.29 is 0 Å². The summed E-state index contributed by atoms with van der Waals surface area (Å²) in [6.07, 6.45) is 7.27. The van der Waals surface area contributed by atoms with Crippen molar-refractivity contribution in [3.8, 4) is 0 Å². The molecule has 0 atom stereocenters. The molecule has 1 aromatic carbocycles. The van der Waals surface area contributed by atoms with Crippen molar-refractivity contribution in [1.82, 2.24) is 15.5 Å². The Morgan fingerprint density at radius 2 is 1.96 bits per heavy atom. The Balaban J connectivity index is 1.74. The fraction of sp³-hybridized carbons (Fsp3) is 0.667. The van der Waals surface area contributed by atoms with Gasteiger partial charge in [-0.05, 0) is 67.8 Å². The van der Waals surface area contributed by atoms with Crippen LogP contribution in [0, 0.1) is 5.92 Å². The lowest BCUT2D eigenvalue weighted by molar-refractivity contribution is 0.185. The molecule has 146 valence electrons. The SMILES string of the molecule is CN=C(NCCCCSC)NCc1cccc(CN2CCC(C)CC2)c1. The number of rotatable bonds is 9. The van der Waals surface area contributed by atoms with Crippen LogP contribution >= 0.6 is 11.8 Å². The highest BCUT2D eigenvalue weighted by Crippen LogP contribution is 2.18. The van der Waals surface area contributed by atoms with Gasteiger partial charge in [0.2, 0.25) is 0 Å². The van der Waals surface area contributed by atoms with Crippen LogP contribution in [0.25, 0.3) is 0 Å². The zero-order valence-corrected chi connectivity index (χ0v) is 17.6. The second kappa shape index (κ2) is 12.2. The summed E-state index contributed by atoms with van der Waals surface area (Å²) in [4.78, 5) is 6.91. The summed E-state index contributed by atoms with van der Waals surface area (Å²) in [6.45, 7) is 7.70. The lowest BCUT2D eigenvalue weighted by atomic mass is 9.98. The largest absolute Gasteiger partial charge is 0.356 e. The monoisotopic (exact) mass is 376 g/mol. The van der Waals surface area contributed by atoms with Gasteiger partial charge in [-0.25, -0.2) is 0 Å². The number of unbranched alkanes of at least 4 members (excludes halogenated alkanes) is 1. The lowest BCUT2D eigenvalue weighted by Gasteiger charge is -2.30. The van der Waals surface area contributed by atoms with Crippen LogP contribution in [0.15, 0.2) is 29.3 Å². The number of guanidine groups is 1. The molecule has 0 aromatic heterocycles. The molecule has 2 rings (SSSR count). The highest BCUT2D eigenvalue weighted by molar-refractivity contribution is 7.98. The molecule has 1 aliphatic rings. The first-order valence-electron chi connectivity index (χ1n) is 9.95. The predicted octanol–water partition coefficient (Wildman–Crippen LogP) is 3.73. The zero-order chi connectivity index (χ0) is 18.6. The average molecular weight is 377 g/mol. The van der Waals surface area contributed by atoms with E-state index in [1.807, 2.05) is 18.8 Å². The third-order valence-corrected chi connectivity index (χ3v) is 5.72. The molecule has 0 bridgehead atoms. The second-order valence-electron chi connectivity index (χ2n) is 7.33. The molecular weight excluding hydrogens is 340 g/mol. The molecule has 1 heterocycles. The Morgan fingerprint density at radius 1 is 1.19 bits per heavy atom. The molecule has 5 heteroatoms. The number of benzene rings is 1. The summed E-state index contributed by atoms with van der Waals surface area (Å²) in [5.41, 5.74) is 2.73. The van der Waals surface area contributed by atoms with Gasteiger partial charge in [-0.3, -0.25) is 9.89 Å². The van der Waals surface area contributed by atoms with Crippen LogP contribution in [0.2, 0.25) is 0 Å². The number of likely N-dealkylation sites (tertiary alicyclic amines) is 1. The summed E-state index contributed by atoms with van der Waals surface area (Å²) >= 11 is 1.91. The molecule has 1 aliphatic heterocycles. The van der Waals surface area contributed by atoms with Crippen LogP contribution in [-0.2, 0) is 13.1 Å². The normalized spacial score (nSPS) is 16.7. The quantitative estimate of drug-likeness (QED) is 0.391. The summed E-state index contributed by atoms with van der Waals surface area (Å²) in [6, 6.07) is 8.95. The van der Waals surface area contributed by atoms with E-state index in [2.05, 4.69) is 58.0 Å². The number of nitrogens with zero attached hydrogens (tertiary/aromatic N) is 2. The molecular formula is C21H36N4S. The zero-order valence-electron chi connectivity index (χ0n) is 16.8. The van der Waals surface area contributed by atoms with Crippen molar-refractivity contribution >= 4 is 17.7 Å². The van der Waals surface area contributed by atoms with E-state index in [1.165, 1.54) is 55.7 Å². The Labute approximate surface area is 164 Å². The van der Waals surface area contributed by atoms with E-state index in [0.29, 0.717) is 0 Å². The van der Waals surface area contributed by atoms with Crippen LogP contribution in [0.1, 0.15) is 43.7 Å². The van der Waals surface area contributed by atoms with E-state index in [9.17, 15) is 0 Å². The van der Waals surface area contributed by atoms with E-state index >= 15 is 0 Å². The van der Waals surface area contributed by atoms with Gasteiger partial charge in [-0.2, -0.15) is 11.8 Å². The lowest BCUT2D eigenvalue weighted by Crippen LogP contribution is -2.37. The molecule has 0 aliphatic carbocycles. The van der Waals surface area contributed by atoms with Crippen molar-refractivity contribution in [2.24, 2.45) is 10.9 Å². The van der Waals surface area contributed by atoms with Crippen LogP contribution in [0.4, 0.5) is 0 Å². The minimum atomic E-state index is 0.815. The molecule has 2 N–H and O–H groups in total. The molecule has 0 saturated carbocycles. The minimum absolute atomic E-state index is 0.815. The van der Waals surface area contributed by atoms with E-state index in [0.717, 1.165) is 31.5 Å². The number of nitrogens with one attached hydrogen (secondary N) is 2. The van der Waals surface area contributed by atoms with E-state index in [-0.39, 0.29) is 0 Å². The standard InChI is InChI=1S/C21H36N4S/c1-18-9-12-25(13-10-18)17-20-8-6-7-19(15-20)16-24-21(22-2)23-11-4-5-14-26-3/h6-8,15,18H,4-5,9-14,16-17H2,1-3H3,(H2,22,23,24). The average Bonchev–Trinajstić information content (AvgIpc) is 2.66. The molecule has 1 fully saturated rings. The summed E-state index contributed by atoms with van der Waals surface area (Å²) < 4.78 is 0. The Morgan fingerprint density at radius 3 is 2.69 bits per heavy atom. The Hall–Kier alpha value is -1.20. The van der Waals surface area contributed by atoms with E-state index in [4.69, 9.17) is 0 Å². The van der Waals surface area contributed by atoms with Gasteiger partial charge >= 0.3 is 0 Å². The second-order valence-corrected chi connectivity index (χ2v) is 8.32. The number of piperidine rings is 1. The summed E-state index contributed by atoms with van der Waals surface area (Å²) in [5, 5.41) is 6.84. The first-order valence-corrected chi connectivity index (χ1v) is 11.3. The predicted molar refractivity (Wildman–Crippen MR) is 116 cm³/mol. The van der Waals surface area contributed by atoms with E-state index in [1.54, 1.807) is 0 Å². The smallest absolute Gasteiger partial charge is 0.191 e. The fourth-order valence-corrected chi connectivity index (χ4v) is 3.79. The Kier molecular flexibility index (Phi) is 9.93. The van der Waals surface area contributed by atoms with Crippen molar-refractivity contribution in [1.29, 1.82) is 0 Å². The minimum Gasteiger partial charge on any atom is -0.356 e. The molecule has 0 spiro atoms. The van der Waals surface area contributed by atoms with Crippen molar-refractivity contribution in [2.75, 3.05) is 38.7 Å². The molecule has 26 heavy (non-hydrogen) atoms. The van der Waals surface area contributed by atoms with Crippen LogP contribution in [0.5, 0.6) is 0 Å². The van der Waals surface area contributed by atoms with Gasteiger partial charge in [-0.1, -0.05) is 31.2 Å². The van der Waals surface area contributed by atoms with Crippen molar-refractivity contribution in [3.05, 3.63) is 35.4 Å². The number of thioether (sulfide) groups is 1. The molecule has 0 unspecified atom stereocenters. The number of hydrogen-bond acceptors (Lipinski definition) is 3. The van der Waals surface area contributed by atoms with Gasteiger partial charge in [-0.15, -0.1) is 0 Å². The first kappa shape index (κ1) is 21.1. The van der Waals surface area contributed by atoms with Crippen LogP contribution in [0.3, 0.4) is 0 Å². The van der Waals surface area contributed by atoms with Crippen molar-refractivity contribution in [2.45, 2.75) is 45.7 Å². The van der Waals surface area contributed by atoms with Gasteiger partial charge in [0.05, 0.1) is 0 Å². The number of hydrogen-bond donors (Lipinski definition) is 2. The maximum Gasteiger partial charge on any atom is 0.191 e. The van der Waals surface area contributed by atoms with Crippen LogP contribution in [-0.4, -0.2) is 49.6 Å². The highest BCUT2D eigenvalue weighted by Gasteiger charge is 2.15. The van der Waals surface area contributed by atoms with Crippen molar-refractivity contribution in [3.63, 3.8) is 0 Å². The van der Waals surface area contributed by atoms with Gasteiger partial charge in [0.25, 0.3) is 0 Å². The summed E-state index contributed by atoms with van der Waals surface area (Å²) in [7, 11) is 1.84. The summed E-state index contributed by atoms with van der Waals surface area (Å²) in [5.74, 6) is 3.02. The first-order chi connectivity index (χ1) is 12.7. The Bertz CT molecular complexity index is 539. The molecule has 1 saturated heterocycles. The highest BCUT2D eigenvalue weighted by atomic mass is 32.2. The third-order valence-electron chi connectivity index (χ3n) is 5.03. The topological polar surface area (TPSA) is 39.7 Å². The molecule has 1 aromatic rings. The molecule has 4 nitrogen and oxygen atoms in total. The van der Waals surface area contributed by atoms with Gasteiger partial charge in [0.15, 0.2) is 5.96 Å². The van der Waals surface area contributed by atoms with Gasteiger partial charge in [0.1, 0.15) is 0 Å². The molecule has 0 radical (unpaired) electrons. The maximum absolute atomic E-state index is 4.32. The van der Waals surface area contributed by atoms with Crippen LogP contribution < -0.4 is 10.6 Å². The molecule has 0 amide bonds. The van der Waals surface area contributed by atoms with Gasteiger partial charge in [0, 0.05) is 26.7 Å². The number of aliphatic imine (C=N–C) groups is 1. The van der Waals surface area contributed by atoms with E-state index < -0.39 is 0 Å². The van der Waals surface area contributed by atoms with Gasteiger partial charge < -0.3 is 10.6 Å². The maximum atomic E-state index is 4.32.